The van der Waals surface area contributed by atoms with Crippen LogP contribution in [0.1, 0.15) is 26.0 Å². The van der Waals surface area contributed by atoms with Gasteiger partial charge in [0.1, 0.15) is 0 Å². The normalized spacial score (nSPS) is 13.4. The molecule has 2 N–H and O–H groups in total. The summed E-state index contributed by atoms with van der Waals surface area (Å²) < 4.78 is 1.75. The van der Waals surface area contributed by atoms with Gasteiger partial charge >= 0.3 is 0 Å². The Hall–Kier alpha value is -0.940. The van der Waals surface area contributed by atoms with Crippen molar-refractivity contribution in [2.45, 2.75) is 32.9 Å². The second-order valence-electron chi connectivity index (χ2n) is 4.09. The topological polar surface area (TPSA) is 63.0 Å². The van der Waals surface area contributed by atoms with E-state index in [0.29, 0.717) is 12.0 Å². The van der Waals surface area contributed by atoms with E-state index in [9.17, 15) is 0 Å². The van der Waals surface area contributed by atoms with Crippen LogP contribution in [0.2, 0.25) is 0 Å². The van der Waals surface area contributed by atoms with Crippen LogP contribution in [-0.4, -0.2) is 32.7 Å². The molecule has 0 amide bonds. The highest BCUT2D eigenvalue weighted by atomic mass is 16.3. The molecule has 0 fully saturated rings. The van der Waals surface area contributed by atoms with Crippen molar-refractivity contribution >= 4 is 0 Å². The fraction of sp³-hybridized carbons (Fsp3) is 0.800. The smallest absolute Gasteiger partial charge is 0.0738 e. The number of aryl methyl sites for hydroxylation is 1. The lowest BCUT2D eigenvalue weighted by atomic mass is 10.0. The van der Waals surface area contributed by atoms with E-state index in [4.69, 9.17) is 5.11 Å². The summed E-state index contributed by atoms with van der Waals surface area (Å²) in [6, 6.07) is 0.338. The summed E-state index contributed by atoms with van der Waals surface area (Å²) >= 11 is 0. The molecule has 1 atom stereocenters. The van der Waals surface area contributed by atoms with Crippen LogP contribution >= 0.6 is 0 Å². The monoisotopic (exact) mass is 212 g/mol. The summed E-state index contributed by atoms with van der Waals surface area (Å²) in [7, 11) is 1.88. The zero-order valence-corrected chi connectivity index (χ0v) is 9.64. The summed E-state index contributed by atoms with van der Waals surface area (Å²) in [5.74, 6) is 0.512. The molecule has 0 radical (unpaired) electrons. The zero-order valence-electron chi connectivity index (χ0n) is 9.64. The molecule has 15 heavy (non-hydrogen) atoms. The summed E-state index contributed by atoms with van der Waals surface area (Å²) in [5, 5.41) is 20.0. The first-order valence-electron chi connectivity index (χ1n) is 5.33. The molecule has 5 nitrogen and oxygen atoms in total. The van der Waals surface area contributed by atoms with E-state index in [0.717, 1.165) is 18.7 Å². The lowest BCUT2D eigenvalue weighted by Crippen LogP contribution is -2.34. The predicted octanol–water partition coefficient (Wildman–Crippen LogP) is 0.312. The van der Waals surface area contributed by atoms with Gasteiger partial charge in [-0.2, -0.15) is 0 Å². The van der Waals surface area contributed by atoms with E-state index in [1.165, 1.54) is 0 Å². The van der Waals surface area contributed by atoms with Crippen LogP contribution in [0.15, 0.2) is 6.20 Å². The minimum Gasteiger partial charge on any atom is -0.396 e. The van der Waals surface area contributed by atoms with Crippen molar-refractivity contribution in [3.05, 3.63) is 11.9 Å². The molecule has 0 saturated carbocycles. The summed E-state index contributed by atoms with van der Waals surface area (Å²) in [4.78, 5) is 0. The molecule has 5 heteroatoms. The second-order valence-corrected chi connectivity index (χ2v) is 4.09. The van der Waals surface area contributed by atoms with Crippen LogP contribution in [0.5, 0.6) is 0 Å². The van der Waals surface area contributed by atoms with E-state index in [1.54, 1.807) is 10.9 Å². The van der Waals surface area contributed by atoms with Crippen LogP contribution in [0.25, 0.3) is 0 Å². The van der Waals surface area contributed by atoms with E-state index >= 15 is 0 Å². The number of nitrogens with zero attached hydrogens (tertiary/aromatic N) is 3. The third-order valence-corrected chi connectivity index (χ3v) is 2.60. The quantitative estimate of drug-likeness (QED) is 0.712. The van der Waals surface area contributed by atoms with Crippen LogP contribution in [0.3, 0.4) is 0 Å². The van der Waals surface area contributed by atoms with Crippen LogP contribution in [0.4, 0.5) is 0 Å². The summed E-state index contributed by atoms with van der Waals surface area (Å²) in [6.07, 6.45) is 2.53. The number of rotatable bonds is 6. The van der Waals surface area contributed by atoms with Crippen molar-refractivity contribution in [3.63, 3.8) is 0 Å². The van der Waals surface area contributed by atoms with Crippen molar-refractivity contribution in [1.29, 1.82) is 0 Å². The Labute approximate surface area is 90.5 Å². The number of hydrogen-bond acceptors (Lipinski definition) is 4. The van der Waals surface area contributed by atoms with Gasteiger partial charge < -0.3 is 10.4 Å². The van der Waals surface area contributed by atoms with Crippen LogP contribution in [-0.2, 0) is 13.6 Å². The molecule has 1 aromatic heterocycles. The van der Waals surface area contributed by atoms with Crippen molar-refractivity contribution in [2.24, 2.45) is 13.0 Å². The van der Waals surface area contributed by atoms with Crippen molar-refractivity contribution in [3.8, 4) is 0 Å². The number of aromatic nitrogens is 3. The molecule has 86 valence electrons. The van der Waals surface area contributed by atoms with Gasteiger partial charge in [0, 0.05) is 26.2 Å². The highest BCUT2D eigenvalue weighted by Gasteiger charge is 2.12. The highest BCUT2D eigenvalue weighted by molar-refractivity contribution is 4.93. The van der Waals surface area contributed by atoms with E-state index in [1.807, 2.05) is 7.05 Å². The van der Waals surface area contributed by atoms with E-state index in [-0.39, 0.29) is 6.61 Å². The first-order valence-corrected chi connectivity index (χ1v) is 5.33. The maximum absolute atomic E-state index is 8.93. The number of aliphatic hydroxyl groups excluding tert-OH is 1. The fourth-order valence-corrected chi connectivity index (χ4v) is 1.52. The molecule has 0 aliphatic carbocycles. The van der Waals surface area contributed by atoms with Crippen LogP contribution in [0, 0.1) is 5.92 Å². The van der Waals surface area contributed by atoms with Gasteiger partial charge in [0.05, 0.1) is 11.9 Å². The average molecular weight is 212 g/mol. The molecule has 0 saturated heterocycles. The Morgan fingerprint density at radius 1 is 1.53 bits per heavy atom. The minimum absolute atomic E-state index is 0.222. The molecule has 0 bridgehead atoms. The van der Waals surface area contributed by atoms with E-state index in [2.05, 4.69) is 29.5 Å². The zero-order chi connectivity index (χ0) is 11.3. The van der Waals surface area contributed by atoms with Gasteiger partial charge in [0.15, 0.2) is 0 Å². The maximum atomic E-state index is 8.93. The SMILES string of the molecule is CC(C)C(CCO)NCc1cnnn1C. The number of nitrogens with one attached hydrogen (secondary N) is 1. The lowest BCUT2D eigenvalue weighted by molar-refractivity contribution is 0.243. The third kappa shape index (κ3) is 3.60. The fourth-order valence-electron chi connectivity index (χ4n) is 1.52. The molecule has 1 heterocycles. The van der Waals surface area contributed by atoms with Gasteiger partial charge in [-0.1, -0.05) is 19.1 Å². The molecular weight excluding hydrogens is 192 g/mol. The van der Waals surface area contributed by atoms with Crippen molar-refractivity contribution in [1.82, 2.24) is 20.3 Å². The Balaban J connectivity index is 2.43. The van der Waals surface area contributed by atoms with Gasteiger partial charge in [0.2, 0.25) is 0 Å². The number of hydrogen-bond donors (Lipinski definition) is 2. The van der Waals surface area contributed by atoms with Gasteiger partial charge in [-0.15, -0.1) is 5.10 Å². The second kappa shape index (κ2) is 5.82. The average Bonchev–Trinajstić information content (AvgIpc) is 2.58. The Morgan fingerprint density at radius 2 is 2.27 bits per heavy atom. The first kappa shape index (κ1) is 12.1. The standard InChI is InChI=1S/C10H20N4O/c1-8(2)10(4-5-15)11-6-9-7-12-13-14(9)3/h7-8,10-11,15H,4-6H2,1-3H3. The molecule has 1 rings (SSSR count). The maximum Gasteiger partial charge on any atom is 0.0738 e. The molecule has 0 aliphatic heterocycles. The van der Waals surface area contributed by atoms with E-state index < -0.39 is 0 Å². The van der Waals surface area contributed by atoms with Crippen molar-refractivity contribution < 1.29 is 5.11 Å². The summed E-state index contributed by atoms with van der Waals surface area (Å²) in [5.41, 5.74) is 1.05. The summed E-state index contributed by atoms with van der Waals surface area (Å²) in [6.45, 7) is 5.26. The molecule has 0 aliphatic rings. The number of aliphatic hydroxyl groups is 1. The predicted molar refractivity (Wildman–Crippen MR) is 58.2 cm³/mol. The highest BCUT2D eigenvalue weighted by Crippen LogP contribution is 2.06. The Bertz CT molecular complexity index is 285. The van der Waals surface area contributed by atoms with Gasteiger partial charge in [-0.05, 0) is 12.3 Å². The minimum atomic E-state index is 0.222. The molecule has 0 spiro atoms. The van der Waals surface area contributed by atoms with Gasteiger partial charge in [0.25, 0.3) is 0 Å². The van der Waals surface area contributed by atoms with Crippen LogP contribution < -0.4 is 5.32 Å². The van der Waals surface area contributed by atoms with Gasteiger partial charge in [-0.25, -0.2) is 0 Å². The molecule has 0 aromatic carbocycles. The Morgan fingerprint density at radius 3 is 2.73 bits per heavy atom. The molecule has 1 aromatic rings. The van der Waals surface area contributed by atoms with Crippen molar-refractivity contribution in [2.75, 3.05) is 6.61 Å². The lowest BCUT2D eigenvalue weighted by Gasteiger charge is -2.21. The third-order valence-electron chi connectivity index (χ3n) is 2.60. The Kier molecular flexibility index (Phi) is 4.71. The molecular formula is C10H20N4O. The first-order chi connectivity index (χ1) is 7.15. The van der Waals surface area contributed by atoms with Gasteiger partial charge in [-0.3, -0.25) is 4.68 Å². The molecule has 1 unspecified atom stereocenters. The largest absolute Gasteiger partial charge is 0.396 e.